The highest BCUT2D eigenvalue weighted by Gasteiger charge is 2.22. The van der Waals surface area contributed by atoms with Crippen LogP contribution >= 0.6 is 0 Å². The summed E-state index contributed by atoms with van der Waals surface area (Å²) in [6.07, 6.45) is 1.90. The normalized spacial score (nSPS) is 18.4. The number of piperidine rings is 1. The summed E-state index contributed by atoms with van der Waals surface area (Å²) in [5.74, 6) is 1.10. The first-order valence-electron chi connectivity index (χ1n) is 7.23. The van der Waals surface area contributed by atoms with Crippen molar-refractivity contribution in [2.75, 3.05) is 26.2 Å². The summed E-state index contributed by atoms with van der Waals surface area (Å²) in [5, 5.41) is 18.6. The van der Waals surface area contributed by atoms with Gasteiger partial charge in [0.05, 0.1) is 11.7 Å². The molecule has 1 atom stereocenters. The van der Waals surface area contributed by atoms with Gasteiger partial charge in [0.1, 0.15) is 18.4 Å². The molecule has 4 nitrogen and oxygen atoms in total. The van der Waals surface area contributed by atoms with Crippen LogP contribution in [0.15, 0.2) is 24.3 Å². The number of likely N-dealkylation sites (tertiary alicyclic amines) is 1. The Balaban J connectivity index is 1.73. The van der Waals surface area contributed by atoms with Gasteiger partial charge in [-0.2, -0.15) is 5.26 Å². The standard InChI is InChI=1S/C16H22N2O2/c1-13(19)14-6-8-18(9-7-14)10-11-20-16-5-3-2-4-15(16)12-17/h2-5,13-14,19H,6-11H2,1H3. The van der Waals surface area contributed by atoms with Gasteiger partial charge >= 0.3 is 0 Å². The smallest absolute Gasteiger partial charge is 0.137 e. The number of nitrogens with zero attached hydrogens (tertiary/aromatic N) is 2. The lowest BCUT2D eigenvalue weighted by atomic mass is 9.92. The molecule has 1 fully saturated rings. The molecule has 2 rings (SSSR count). The van der Waals surface area contributed by atoms with Gasteiger partial charge in [0.2, 0.25) is 0 Å². The van der Waals surface area contributed by atoms with E-state index in [9.17, 15) is 5.11 Å². The second-order valence-corrected chi connectivity index (χ2v) is 5.38. The van der Waals surface area contributed by atoms with Gasteiger partial charge in [-0.05, 0) is 50.9 Å². The fourth-order valence-electron chi connectivity index (χ4n) is 2.63. The Morgan fingerprint density at radius 3 is 2.75 bits per heavy atom. The highest BCUT2D eigenvalue weighted by molar-refractivity contribution is 5.42. The highest BCUT2D eigenvalue weighted by atomic mass is 16.5. The number of nitriles is 1. The predicted molar refractivity (Wildman–Crippen MR) is 77.5 cm³/mol. The van der Waals surface area contributed by atoms with Gasteiger partial charge in [-0.25, -0.2) is 0 Å². The van der Waals surface area contributed by atoms with E-state index in [-0.39, 0.29) is 6.10 Å². The minimum atomic E-state index is -0.198. The third-order valence-corrected chi connectivity index (χ3v) is 3.99. The van der Waals surface area contributed by atoms with Crippen LogP contribution in [0.4, 0.5) is 0 Å². The van der Waals surface area contributed by atoms with E-state index in [1.54, 1.807) is 6.07 Å². The zero-order valence-electron chi connectivity index (χ0n) is 12.0. The SMILES string of the molecule is CC(O)C1CCN(CCOc2ccccc2C#N)CC1. The maximum Gasteiger partial charge on any atom is 0.137 e. The van der Waals surface area contributed by atoms with E-state index >= 15 is 0 Å². The summed E-state index contributed by atoms with van der Waals surface area (Å²) in [6, 6.07) is 9.45. The van der Waals surface area contributed by atoms with Crippen LogP contribution in [0.3, 0.4) is 0 Å². The summed E-state index contributed by atoms with van der Waals surface area (Å²) in [6.45, 7) is 5.37. The highest BCUT2D eigenvalue weighted by Crippen LogP contribution is 2.20. The van der Waals surface area contributed by atoms with Crippen LogP contribution in [0.2, 0.25) is 0 Å². The average Bonchev–Trinajstić information content (AvgIpc) is 2.48. The van der Waals surface area contributed by atoms with Crippen LogP contribution in [0.5, 0.6) is 5.75 Å². The maximum absolute atomic E-state index is 9.57. The van der Waals surface area contributed by atoms with Crippen LogP contribution in [-0.4, -0.2) is 42.4 Å². The summed E-state index contributed by atoms with van der Waals surface area (Å²) < 4.78 is 5.69. The van der Waals surface area contributed by atoms with Crippen molar-refractivity contribution >= 4 is 0 Å². The van der Waals surface area contributed by atoms with E-state index in [2.05, 4.69) is 11.0 Å². The number of hydrogen-bond donors (Lipinski definition) is 1. The number of ether oxygens (including phenoxy) is 1. The van der Waals surface area contributed by atoms with E-state index in [4.69, 9.17) is 10.00 Å². The Morgan fingerprint density at radius 2 is 2.10 bits per heavy atom. The van der Waals surface area contributed by atoms with Gasteiger partial charge in [0.25, 0.3) is 0 Å². The number of benzene rings is 1. The van der Waals surface area contributed by atoms with E-state index in [1.165, 1.54) is 0 Å². The molecule has 4 heteroatoms. The molecule has 0 saturated carbocycles. The average molecular weight is 274 g/mol. The third kappa shape index (κ3) is 3.96. The molecule has 20 heavy (non-hydrogen) atoms. The Labute approximate surface area is 120 Å². The number of aliphatic hydroxyl groups is 1. The Morgan fingerprint density at radius 1 is 1.40 bits per heavy atom. The molecule has 0 aliphatic carbocycles. The van der Waals surface area contributed by atoms with Crippen molar-refractivity contribution in [2.45, 2.75) is 25.9 Å². The molecule has 1 heterocycles. The number of rotatable bonds is 5. The summed E-state index contributed by atoms with van der Waals surface area (Å²) >= 11 is 0. The van der Waals surface area contributed by atoms with Gasteiger partial charge < -0.3 is 9.84 Å². The van der Waals surface area contributed by atoms with Gasteiger partial charge in [0.15, 0.2) is 0 Å². The first-order valence-corrected chi connectivity index (χ1v) is 7.23. The van der Waals surface area contributed by atoms with Crippen LogP contribution in [0.1, 0.15) is 25.3 Å². The van der Waals surface area contributed by atoms with E-state index in [1.807, 2.05) is 25.1 Å². The second-order valence-electron chi connectivity index (χ2n) is 5.38. The van der Waals surface area contributed by atoms with Crippen LogP contribution < -0.4 is 4.74 Å². The lowest BCUT2D eigenvalue weighted by molar-refractivity contribution is 0.0672. The van der Waals surface area contributed by atoms with Gasteiger partial charge in [-0.3, -0.25) is 4.90 Å². The Kier molecular flexibility index (Phi) is 5.40. The molecule has 1 aromatic rings. The van der Waals surface area contributed by atoms with Gasteiger partial charge in [-0.1, -0.05) is 12.1 Å². The molecule has 1 aliphatic heterocycles. The zero-order chi connectivity index (χ0) is 14.4. The topological polar surface area (TPSA) is 56.5 Å². The van der Waals surface area contributed by atoms with Gasteiger partial charge in [0, 0.05) is 6.54 Å². The molecule has 108 valence electrons. The fraction of sp³-hybridized carbons (Fsp3) is 0.562. The quantitative estimate of drug-likeness (QED) is 0.892. The summed E-state index contributed by atoms with van der Waals surface area (Å²) in [4.78, 5) is 2.36. The third-order valence-electron chi connectivity index (χ3n) is 3.99. The zero-order valence-corrected chi connectivity index (χ0v) is 12.0. The van der Waals surface area contributed by atoms with Crippen LogP contribution in [0.25, 0.3) is 0 Å². The van der Waals surface area contributed by atoms with E-state index < -0.39 is 0 Å². The molecule has 1 saturated heterocycles. The number of hydrogen-bond acceptors (Lipinski definition) is 4. The molecule has 0 radical (unpaired) electrons. The molecule has 1 unspecified atom stereocenters. The van der Waals surface area contributed by atoms with Crippen molar-refractivity contribution < 1.29 is 9.84 Å². The maximum atomic E-state index is 9.57. The largest absolute Gasteiger partial charge is 0.491 e. The summed E-state index contributed by atoms with van der Waals surface area (Å²) in [7, 11) is 0. The Hall–Kier alpha value is -1.57. The lowest BCUT2D eigenvalue weighted by Gasteiger charge is -2.33. The van der Waals surface area contributed by atoms with Crippen molar-refractivity contribution in [3.63, 3.8) is 0 Å². The molecule has 0 amide bonds. The first-order chi connectivity index (χ1) is 9.70. The molecular weight excluding hydrogens is 252 g/mol. The molecule has 0 spiro atoms. The van der Waals surface area contributed by atoms with E-state index in [0.717, 1.165) is 32.5 Å². The lowest BCUT2D eigenvalue weighted by Crippen LogP contribution is -2.39. The fourth-order valence-corrected chi connectivity index (χ4v) is 2.63. The van der Waals surface area contributed by atoms with Crippen molar-refractivity contribution in [1.82, 2.24) is 4.90 Å². The van der Waals surface area contributed by atoms with Crippen molar-refractivity contribution in [3.8, 4) is 11.8 Å². The first kappa shape index (κ1) is 14.8. The van der Waals surface area contributed by atoms with Gasteiger partial charge in [-0.15, -0.1) is 0 Å². The molecule has 0 bridgehead atoms. The minimum absolute atomic E-state index is 0.198. The predicted octanol–water partition coefficient (Wildman–Crippen LogP) is 2.03. The van der Waals surface area contributed by atoms with Crippen molar-refractivity contribution in [1.29, 1.82) is 5.26 Å². The van der Waals surface area contributed by atoms with Crippen LogP contribution in [-0.2, 0) is 0 Å². The minimum Gasteiger partial charge on any atom is -0.491 e. The second kappa shape index (κ2) is 7.28. The molecular formula is C16H22N2O2. The van der Waals surface area contributed by atoms with Crippen molar-refractivity contribution in [3.05, 3.63) is 29.8 Å². The molecule has 1 N–H and O–H groups in total. The number of para-hydroxylation sites is 1. The summed E-state index contributed by atoms with van der Waals surface area (Å²) in [5.41, 5.74) is 0.584. The van der Waals surface area contributed by atoms with Crippen molar-refractivity contribution in [2.24, 2.45) is 5.92 Å². The number of aliphatic hydroxyl groups excluding tert-OH is 1. The molecule has 0 aromatic heterocycles. The monoisotopic (exact) mass is 274 g/mol. The Bertz CT molecular complexity index is 460. The van der Waals surface area contributed by atoms with Crippen LogP contribution in [0, 0.1) is 17.2 Å². The van der Waals surface area contributed by atoms with E-state index in [0.29, 0.717) is 23.8 Å². The molecule has 1 aromatic carbocycles. The molecule has 1 aliphatic rings.